The van der Waals surface area contributed by atoms with Crippen LogP contribution in [-0.4, -0.2) is 33.5 Å². The van der Waals surface area contributed by atoms with Gasteiger partial charge in [-0.1, -0.05) is 71.9 Å². The lowest BCUT2D eigenvalue weighted by Gasteiger charge is -2.12. The number of aryl methyl sites for hydroxylation is 1. The van der Waals surface area contributed by atoms with Gasteiger partial charge in [-0.05, 0) is 36.8 Å². The quantitative estimate of drug-likeness (QED) is 0.386. The number of para-hydroxylation sites is 1. The van der Waals surface area contributed by atoms with Crippen LogP contribution in [0.2, 0.25) is 0 Å². The summed E-state index contributed by atoms with van der Waals surface area (Å²) in [4.78, 5) is 12.5. The molecule has 0 radical (unpaired) electrons. The minimum absolute atomic E-state index is 0.0908. The Bertz CT molecular complexity index is 1190. The number of anilines is 1. The fraction of sp³-hybridized carbons (Fsp3) is 0.160. The summed E-state index contributed by atoms with van der Waals surface area (Å²) < 4.78 is 7.56. The van der Waals surface area contributed by atoms with Crippen LogP contribution in [0.3, 0.4) is 0 Å². The third-order valence-electron chi connectivity index (χ3n) is 4.92. The molecule has 6 nitrogen and oxygen atoms in total. The zero-order chi connectivity index (χ0) is 22.3. The van der Waals surface area contributed by atoms with Crippen LogP contribution in [0.25, 0.3) is 11.4 Å². The van der Waals surface area contributed by atoms with Gasteiger partial charge in [0.15, 0.2) is 11.0 Å². The summed E-state index contributed by atoms with van der Waals surface area (Å²) in [6.07, 6.45) is 0. The predicted molar refractivity (Wildman–Crippen MR) is 128 cm³/mol. The van der Waals surface area contributed by atoms with Crippen molar-refractivity contribution < 1.29 is 9.53 Å². The Kier molecular flexibility index (Phi) is 6.87. The highest BCUT2D eigenvalue weighted by Gasteiger charge is 2.18. The first kappa shape index (κ1) is 21.6. The third kappa shape index (κ3) is 5.18. The van der Waals surface area contributed by atoms with Crippen molar-refractivity contribution in [1.29, 1.82) is 0 Å². The van der Waals surface area contributed by atoms with Crippen molar-refractivity contribution in [1.82, 2.24) is 14.8 Å². The Morgan fingerprint density at radius 3 is 2.44 bits per heavy atom. The summed E-state index contributed by atoms with van der Waals surface area (Å²) in [5.41, 5.74) is 3.90. The van der Waals surface area contributed by atoms with Gasteiger partial charge in [0.25, 0.3) is 0 Å². The summed E-state index contributed by atoms with van der Waals surface area (Å²) >= 11 is 1.36. The lowest BCUT2D eigenvalue weighted by atomic mass is 10.1. The van der Waals surface area contributed by atoms with Gasteiger partial charge < -0.3 is 10.1 Å². The van der Waals surface area contributed by atoms with E-state index in [-0.39, 0.29) is 11.7 Å². The molecule has 0 saturated carbocycles. The second-order valence-corrected chi connectivity index (χ2v) is 8.22. The van der Waals surface area contributed by atoms with E-state index in [9.17, 15) is 4.79 Å². The minimum Gasteiger partial charge on any atom is -0.496 e. The Morgan fingerprint density at radius 2 is 1.69 bits per heavy atom. The molecule has 32 heavy (non-hydrogen) atoms. The van der Waals surface area contributed by atoms with E-state index in [0.717, 1.165) is 28.1 Å². The molecule has 0 atom stereocenters. The number of carbonyl (C=O) groups is 1. The van der Waals surface area contributed by atoms with E-state index in [1.807, 2.05) is 78.2 Å². The molecule has 0 unspecified atom stereocenters. The maximum absolute atomic E-state index is 12.5. The third-order valence-corrected chi connectivity index (χ3v) is 5.88. The number of ether oxygens (including phenoxy) is 1. The van der Waals surface area contributed by atoms with E-state index in [2.05, 4.69) is 27.6 Å². The maximum Gasteiger partial charge on any atom is 0.234 e. The molecule has 0 saturated heterocycles. The fourth-order valence-electron chi connectivity index (χ4n) is 3.30. The molecule has 3 aromatic carbocycles. The van der Waals surface area contributed by atoms with Gasteiger partial charge in [-0.2, -0.15) is 0 Å². The monoisotopic (exact) mass is 444 g/mol. The second-order valence-electron chi connectivity index (χ2n) is 7.28. The van der Waals surface area contributed by atoms with E-state index in [4.69, 9.17) is 4.74 Å². The average molecular weight is 445 g/mol. The molecule has 0 aliphatic heterocycles. The van der Waals surface area contributed by atoms with Crippen molar-refractivity contribution in [2.45, 2.75) is 18.6 Å². The predicted octanol–water partition coefficient (Wildman–Crippen LogP) is 5.04. The molecule has 0 fully saturated rings. The molecule has 162 valence electrons. The lowest BCUT2D eigenvalue weighted by molar-refractivity contribution is -0.113. The first-order valence-corrected chi connectivity index (χ1v) is 11.2. The number of aromatic nitrogens is 3. The Hall–Kier alpha value is -3.58. The summed E-state index contributed by atoms with van der Waals surface area (Å²) in [5.74, 6) is 1.56. The van der Waals surface area contributed by atoms with Crippen molar-refractivity contribution in [2.24, 2.45) is 0 Å². The van der Waals surface area contributed by atoms with Gasteiger partial charge in [-0.15, -0.1) is 10.2 Å². The normalized spacial score (nSPS) is 10.7. The highest BCUT2D eigenvalue weighted by molar-refractivity contribution is 7.99. The van der Waals surface area contributed by atoms with Gasteiger partial charge in [0.1, 0.15) is 5.75 Å². The molecule has 0 aliphatic carbocycles. The van der Waals surface area contributed by atoms with Gasteiger partial charge in [-0.25, -0.2) is 0 Å². The summed E-state index contributed by atoms with van der Waals surface area (Å²) in [6, 6.07) is 25.6. The van der Waals surface area contributed by atoms with Crippen LogP contribution in [0.1, 0.15) is 11.1 Å². The fourth-order valence-corrected chi connectivity index (χ4v) is 4.03. The smallest absolute Gasteiger partial charge is 0.234 e. The van der Waals surface area contributed by atoms with Crippen LogP contribution in [0, 0.1) is 6.92 Å². The molecule has 0 aliphatic rings. The van der Waals surface area contributed by atoms with Crippen LogP contribution in [-0.2, 0) is 11.3 Å². The largest absolute Gasteiger partial charge is 0.496 e. The number of benzene rings is 3. The first-order valence-electron chi connectivity index (χ1n) is 10.2. The molecule has 4 aromatic rings. The molecule has 1 amide bonds. The minimum atomic E-state index is -0.0908. The lowest BCUT2D eigenvalue weighted by Crippen LogP contribution is -2.14. The summed E-state index contributed by atoms with van der Waals surface area (Å²) in [7, 11) is 1.64. The van der Waals surface area contributed by atoms with E-state index >= 15 is 0 Å². The highest BCUT2D eigenvalue weighted by Crippen LogP contribution is 2.31. The van der Waals surface area contributed by atoms with Crippen molar-refractivity contribution in [3.63, 3.8) is 0 Å². The molecular formula is C25H24N4O2S. The number of amides is 1. The Labute approximate surface area is 191 Å². The number of methoxy groups -OCH3 is 1. The van der Waals surface area contributed by atoms with E-state index in [1.54, 1.807) is 7.11 Å². The Morgan fingerprint density at radius 1 is 0.969 bits per heavy atom. The van der Waals surface area contributed by atoms with Gasteiger partial charge in [-0.3, -0.25) is 9.36 Å². The van der Waals surface area contributed by atoms with E-state index < -0.39 is 0 Å². The van der Waals surface area contributed by atoms with Crippen LogP contribution in [0.4, 0.5) is 5.69 Å². The number of rotatable bonds is 8. The molecule has 4 rings (SSSR count). The zero-order valence-corrected chi connectivity index (χ0v) is 18.8. The van der Waals surface area contributed by atoms with Crippen molar-refractivity contribution >= 4 is 23.4 Å². The molecule has 0 bridgehead atoms. The molecule has 7 heteroatoms. The molecule has 1 aromatic heterocycles. The standard InChI is InChI=1S/C25H24N4O2S/c1-18-12-14-20(15-13-18)26-23(30)17-32-25-28-27-24(21-10-6-7-11-22(21)31-2)29(25)16-19-8-4-3-5-9-19/h3-15H,16-17H2,1-2H3,(H,26,30). The SMILES string of the molecule is COc1ccccc1-c1nnc(SCC(=O)Nc2ccc(C)cc2)n1Cc1ccccc1. The van der Waals surface area contributed by atoms with Gasteiger partial charge in [0.05, 0.1) is 25.0 Å². The zero-order valence-electron chi connectivity index (χ0n) is 18.0. The maximum atomic E-state index is 12.5. The number of nitrogens with zero attached hydrogens (tertiary/aromatic N) is 3. The van der Waals surface area contributed by atoms with Gasteiger partial charge in [0, 0.05) is 5.69 Å². The number of hydrogen-bond donors (Lipinski definition) is 1. The number of thioether (sulfide) groups is 1. The average Bonchev–Trinajstić information content (AvgIpc) is 3.22. The van der Waals surface area contributed by atoms with Crippen molar-refractivity contribution in [3.05, 3.63) is 90.0 Å². The number of carbonyl (C=O) groups excluding carboxylic acids is 1. The van der Waals surface area contributed by atoms with E-state index in [1.165, 1.54) is 11.8 Å². The summed E-state index contributed by atoms with van der Waals surface area (Å²) in [5, 5.41) is 12.4. The molecular weight excluding hydrogens is 420 g/mol. The second kappa shape index (κ2) is 10.2. The molecule has 0 spiro atoms. The molecule has 1 N–H and O–H groups in total. The Balaban J connectivity index is 1.57. The first-order chi connectivity index (χ1) is 15.6. The van der Waals surface area contributed by atoms with Crippen LogP contribution in [0.5, 0.6) is 5.75 Å². The van der Waals surface area contributed by atoms with Gasteiger partial charge >= 0.3 is 0 Å². The van der Waals surface area contributed by atoms with Crippen LogP contribution in [0.15, 0.2) is 84.0 Å². The van der Waals surface area contributed by atoms with Crippen molar-refractivity contribution in [3.8, 4) is 17.1 Å². The molecule has 1 heterocycles. The number of hydrogen-bond acceptors (Lipinski definition) is 5. The summed E-state index contributed by atoms with van der Waals surface area (Å²) in [6.45, 7) is 2.60. The van der Waals surface area contributed by atoms with Crippen LogP contribution < -0.4 is 10.1 Å². The topological polar surface area (TPSA) is 69.0 Å². The number of nitrogens with one attached hydrogen (secondary N) is 1. The highest BCUT2D eigenvalue weighted by atomic mass is 32.2. The van der Waals surface area contributed by atoms with E-state index in [0.29, 0.717) is 17.5 Å². The van der Waals surface area contributed by atoms with Crippen molar-refractivity contribution in [2.75, 3.05) is 18.2 Å². The van der Waals surface area contributed by atoms with Crippen LogP contribution >= 0.6 is 11.8 Å². The van der Waals surface area contributed by atoms with Gasteiger partial charge in [0.2, 0.25) is 5.91 Å².